The fraction of sp³-hybridized carbons (Fsp3) is 0.286. The summed E-state index contributed by atoms with van der Waals surface area (Å²) in [5.74, 6) is -1.11. The Morgan fingerprint density at radius 1 is 1.50 bits per heavy atom. The van der Waals surface area contributed by atoms with Crippen molar-refractivity contribution in [2.24, 2.45) is 0 Å². The van der Waals surface area contributed by atoms with Crippen molar-refractivity contribution < 1.29 is 13.2 Å². The van der Waals surface area contributed by atoms with Gasteiger partial charge in [-0.15, -0.1) is 0 Å². The van der Waals surface area contributed by atoms with Gasteiger partial charge >= 0.3 is 0 Å². The molecule has 1 heterocycles. The van der Waals surface area contributed by atoms with Crippen molar-refractivity contribution >= 4 is 15.9 Å². The van der Waals surface area contributed by atoms with Crippen LogP contribution in [0.3, 0.4) is 0 Å². The summed E-state index contributed by atoms with van der Waals surface area (Å²) in [6.45, 7) is 1.53. The van der Waals surface area contributed by atoms with Gasteiger partial charge in [0.2, 0.25) is 5.95 Å². The number of aryl methyl sites for hydroxylation is 1. The molecule has 0 aliphatic carbocycles. The zero-order valence-corrected chi connectivity index (χ0v) is 7.70. The second-order valence-corrected chi connectivity index (χ2v) is 3.10. The minimum atomic E-state index is -2.84. The fourth-order valence-electron chi connectivity index (χ4n) is 0.801. The van der Waals surface area contributed by atoms with Crippen LogP contribution in [0.1, 0.15) is 17.7 Å². The van der Waals surface area contributed by atoms with Gasteiger partial charge in [-0.3, -0.25) is 0 Å². The highest BCUT2D eigenvalue weighted by molar-refractivity contribution is 9.10. The molecule has 0 radical (unpaired) electrons. The Hall–Kier alpha value is -0.580. The zero-order valence-electron chi connectivity index (χ0n) is 6.11. The SMILES string of the molecule is Cc1cc(Br)c(C(F)F)c(F)n1. The van der Waals surface area contributed by atoms with E-state index in [0.717, 1.165) is 0 Å². The third kappa shape index (κ3) is 1.77. The Labute approximate surface area is 75.7 Å². The van der Waals surface area contributed by atoms with Gasteiger partial charge in [0, 0.05) is 10.2 Å². The molecule has 0 fully saturated rings. The molecule has 0 atom stereocenters. The van der Waals surface area contributed by atoms with E-state index in [1.807, 2.05) is 0 Å². The van der Waals surface area contributed by atoms with Crippen LogP contribution >= 0.6 is 15.9 Å². The first-order valence-corrected chi connectivity index (χ1v) is 3.92. The molecular weight excluding hydrogens is 235 g/mol. The van der Waals surface area contributed by atoms with Crippen molar-refractivity contribution in [1.29, 1.82) is 0 Å². The minimum Gasteiger partial charge on any atom is -0.225 e. The number of hydrogen-bond acceptors (Lipinski definition) is 1. The summed E-state index contributed by atoms with van der Waals surface area (Å²) in [5, 5.41) is 0. The Bertz CT molecular complexity index is 278. The number of alkyl halides is 2. The number of aromatic nitrogens is 1. The highest BCUT2D eigenvalue weighted by Gasteiger charge is 2.18. The van der Waals surface area contributed by atoms with E-state index in [0.29, 0.717) is 5.69 Å². The molecule has 1 rings (SSSR count). The van der Waals surface area contributed by atoms with Crippen molar-refractivity contribution in [1.82, 2.24) is 4.98 Å². The van der Waals surface area contributed by atoms with Crippen LogP contribution in [0.2, 0.25) is 0 Å². The first-order valence-electron chi connectivity index (χ1n) is 3.13. The largest absolute Gasteiger partial charge is 0.269 e. The fourth-order valence-corrected chi connectivity index (χ4v) is 1.47. The van der Waals surface area contributed by atoms with Crippen molar-refractivity contribution in [2.75, 3.05) is 0 Å². The van der Waals surface area contributed by atoms with E-state index >= 15 is 0 Å². The minimum absolute atomic E-state index is 0.0579. The summed E-state index contributed by atoms with van der Waals surface area (Å²) >= 11 is 2.84. The Morgan fingerprint density at radius 2 is 2.08 bits per heavy atom. The highest BCUT2D eigenvalue weighted by Crippen LogP contribution is 2.29. The smallest absolute Gasteiger partial charge is 0.225 e. The third-order valence-corrected chi connectivity index (χ3v) is 1.96. The molecule has 0 aromatic carbocycles. The van der Waals surface area contributed by atoms with Crippen molar-refractivity contribution in [3.05, 3.63) is 27.7 Å². The Morgan fingerprint density at radius 3 is 2.50 bits per heavy atom. The molecule has 0 aliphatic heterocycles. The van der Waals surface area contributed by atoms with E-state index < -0.39 is 17.9 Å². The molecule has 0 N–H and O–H groups in total. The van der Waals surface area contributed by atoms with Gasteiger partial charge in [0.1, 0.15) is 0 Å². The molecule has 0 amide bonds. The van der Waals surface area contributed by atoms with Crippen LogP contribution in [-0.4, -0.2) is 4.98 Å². The summed E-state index contributed by atoms with van der Waals surface area (Å²) in [7, 11) is 0. The number of rotatable bonds is 1. The molecule has 5 heteroatoms. The van der Waals surface area contributed by atoms with E-state index in [2.05, 4.69) is 20.9 Å². The third-order valence-electron chi connectivity index (χ3n) is 1.31. The number of pyridine rings is 1. The van der Waals surface area contributed by atoms with Crippen molar-refractivity contribution in [2.45, 2.75) is 13.3 Å². The van der Waals surface area contributed by atoms with Gasteiger partial charge in [0.05, 0.1) is 5.56 Å². The van der Waals surface area contributed by atoms with E-state index in [1.54, 1.807) is 0 Å². The number of nitrogens with zero attached hydrogens (tertiary/aromatic N) is 1. The van der Waals surface area contributed by atoms with E-state index in [1.165, 1.54) is 13.0 Å². The molecule has 1 aromatic heterocycles. The van der Waals surface area contributed by atoms with Crippen LogP contribution in [0, 0.1) is 12.9 Å². The molecule has 0 saturated heterocycles. The molecule has 66 valence electrons. The van der Waals surface area contributed by atoms with Crippen LogP contribution in [0.15, 0.2) is 10.5 Å². The maximum Gasteiger partial charge on any atom is 0.269 e. The molecule has 0 spiro atoms. The van der Waals surface area contributed by atoms with Crippen LogP contribution in [0.5, 0.6) is 0 Å². The number of halogens is 4. The monoisotopic (exact) mass is 239 g/mol. The lowest BCUT2D eigenvalue weighted by atomic mass is 10.2. The lowest BCUT2D eigenvalue weighted by Crippen LogP contribution is -1.97. The summed E-state index contributed by atoms with van der Waals surface area (Å²) < 4.78 is 37.0. The second-order valence-electron chi connectivity index (χ2n) is 2.25. The predicted octanol–water partition coefficient (Wildman–Crippen LogP) is 3.23. The van der Waals surface area contributed by atoms with Gasteiger partial charge < -0.3 is 0 Å². The normalized spacial score (nSPS) is 10.8. The second kappa shape index (κ2) is 3.43. The topological polar surface area (TPSA) is 12.9 Å². The lowest BCUT2D eigenvalue weighted by Gasteiger charge is -2.04. The quantitative estimate of drug-likeness (QED) is 0.686. The van der Waals surface area contributed by atoms with Crippen molar-refractivity contribution in [3.8, 4) is 0 Å². The molecule has 1 nitrogen and oxygen atoms in total. The summed E-state index contributed by atoms with van der Waals surface area (Å²) in [6, 6.07) is 1.35. The van der Waals surface area contributed by atoms with E-state index in [-0.39, 0.29) is 4.47 Å². The average molecular weight is 240 g/mol. The molecule has 0 saturated carbocycles. The van der Waals surface area contributed by atoms with Gasteiger partial charge in [0.15, 0.2) is 0 Å². The van der Waals surface area contributed by atoms with Gasteiger partial charge in [-0.2, -0.15) is 4.39 Å². The van der Waals surface area contributed by atoms with Crippen LogP contribution < -0.4 is 0 Å². The van der Waals surface area contributed by atoms with Gasteiger partial charge in [-0.25, -0.2) is 13.8 Å². The van der Waals surface area contributed by atoms with Gasteiger partial charge in [-0.1, -0.05) is 15.9 Å². The molecule has 1 aromatic rings. The molecule has 0 unspecified atom stereocenters. The average Bonchev–Trinajstić information content (AvgIpc) is 1.82. The van der Waals surface area contributed by atoms with Crippen LogP contribution in [-0.2, 0) is 0 Å². The van der Waals surface area contributed by atoms with Gasteiger partial charge in [0.25, 0.3) is 6.43 Å². The van der Waals surface area contributed by atoms with Crippen LogP contribution in [0.4, 0.5) is 13.2 Å². The van der Waals surface area contributed by atoms with Crippen LogP contribution in [0.25, 0.3) is 0 Å². The van der Waals surface area contributed by atoms with E-state index in [9.17, 15) is 13.2 Å². The first-order chi connectivity index (χ1) is 5.52. The Kier molecular flexibility index (Phi) is 2.72. The summed E-state index contributed by atoms with van der Waals surface area (Å²) in [6.07, 6.45) is -2.84. The standard InChI is InChI=1S/C7H5BrF3N/c1-3-2-4(8)5(6(9)10)7(11)12-3/h2,6H,1H3. The van der Waals surface area contributed by atoms with Gasteiger partial charge in [-0.05, 0) is 13.0 Å². The maximum absolute atomic E-state index is 12.7. The molecular formula is C7H5BrF3N. The molecule has 12 heavy (non-hydrogen) atoms. The summed E-state index contributed by atoms with van der Waals surface area (Å²) in [5.41, 5.74) is -0.315. The van der Waals surface area contributed by atoms with E-state index in [4.69, 9.17) is 0 Å². The molecule has 0 bridgehead atoms. The molecule has 0 aliphatic rings. The summed E-state index contributed by atoms with van der Waals surface area (Å²) in [4.78, 5) is 3.28. The zero-order chi connectivity index (χ0) is 9.30. The van der Waals surface area contributed by atoms with Crippen molar-refractivity contribution in [3.63, 3.8) is 0 Å². The Balaban J connectivity index is 3.28. The highest BCUT2D eigenvalue weighted by atomic mass is 79.9. The maximum atomic E-state index is 12.7. The first kappa shape index (κ1) is 9.51. The predicted molar refractivity (Wildman–Crippen MR) is 41.6 cm³/mol. The number of hydrogen-bond donors (Lipinski definition) is 0. The lowest BCUT2D eigenvalue weighted by molar-refractivity contribution is 0.144.